The highest BCUT2D eigenvalue weighted by atomic mass is 16.2. The summed E-state index contributed by atoms with van der Waals surface area (Å²) in [4.78, 5) is 29.4. The number of nitrogens with one attached hydrogen (secondary N) is 2. The Kier molecular flexibility index (Phi) is 6.37. The van der Waals surface area contributed by atoms with E-state index in [1.165, 1.54) is 0 Å². The second-order valence-corrected chi connectivity index (χ2v) is 8.23. The summed E-state index contributed by atoms with van der Waals surface area (Å²) in [6.07, 6.45) is 1.69. The van der Waals surface area contributed by atoms with Crippen LogP contribution in [-0.4, -0.2) is 22.8 Å². The Hall–Kier alpha value is -2.69. The molecule has 2 aromatic rings. The summed E-state index contributed by atoms with van der Waals surface area (Å²) in [7, 11) is 0. The summed E-state index contributed by atoms with van der Waals surface area (Å²) in [5.41, 5.74) is 2.73. The maximum atomic E-state index is 12.6. The summed E-state index contributed by atoms with van der Waals surface area (Å²) < 4.78 is 0. The highest BCUT2D eigenvalue weighted by Gasteiger charge is 2.25. The van der Waals surface area contributed by atoms with Crippen molar-refractivity contribution in [3.63, 3.8) is 0 Å². The number of carbonyl (C=O) groups excluding carboxylic acids is 2. The zero-order chi connectivity index (χ0) is 20.2. The van der Waals surface area contributed by atoms with Crippen molar-refractivity contribution in [2.45, 2.75) is 53.0 Å². The molecule has 1 heterocycles. The maximum absolute atomic E-state index is 12.6. The Morgan fingerprint density at radius 2 is 1.63 bits per heavy atom. The number of aryl methyl sites for hydroxylation is 1. The largest absolute Gasteiger partial charge is 0.340 e. The molecule has 144 valence electrons. The molecule has 1 unspecified atom stereocenters. The van der Waals surface area contributed by atoms with Crippen molar-refractivity contribution in [3.05, 3.63) is 59.3 Å². The number of rotatable bonds is 5. The van der Waals surface area contributed by atoms with Gasteiger partial charge in [0, 0.05) is 11.8 Å². The molecule has 27 heavy (non-hydrogen) atoms. The number of amides is 2. The first-order valence-corrected chi connectivity index (χ1v) is 9.23. The first kappa shape index (κ1) is 20.6. The Balaban J connectivity index is 2.09. The van der Waals surface area contributed by atoms with Gasteiger partial charge in [0.1, 0.15) is 11.9 Å². The minimum absolute atomic E-state index is 0.0242. The average Bonchev–Trinajstić information content (AvgIpc) is 2.60. The zero-order valence-electron chi connectivity index (χ0n) is 17.0. The number of hydrogen-bond donors (Lipinski definition) is 2. The smallest absolute Gasteiger partial charge is 0.251 e. The van der Waals surface area contributed by atoms with Crippen molar-refractivity contribution in [3.8, 4) is 0 Å². The van der Waals surface area contributed by atoms with Crippen LogP contribution >= 0.6 is 0 Å². The molecule has 0 spiro atoms. The van der Waals surface area contributed by atoms with Crippen LogP contribution in [0.4, 0.5) is 5.82 Å². The standard InChI is InChI=1S/C22H29N3O2/c1-14(2)19(21(27)24-18-12-7-15(3)13-23-18)25-20(26)16-8-10-17(11-9-16)22(4,5)6/h7-14,19H,1-6H3,(H,25,26)(H,23,24,27). The van der Waals surface area contributed by atoms with E-state index < -0.39 is 6.04 Å². The fraction of sp³-hybridized carbons (Fsp3) is 0.409. The molecule has 0 aliphatic carbocycles. The van der Waals surface area contributed by atoms with Gasteiger partial charge in [0.2, 0.25) is 5.91 Å². The van der Waals surface area contributed by atoms with E-state index in [-0.39, 0.29) is 23.1 Å². The Bertz CT molecular complexity index is 788. The van der Waals surface area contributed by atoms with Crippen LogP contribution in [0.1, 0.15) is 56.1 Å². The number of anilines is 1. The number of benzene rings is 1. The predicted molar refractivity (Wildman–Crippen MR) is 109 cm³/mol. The van der Waals surface area contributed by atoms with Crippen molar-refractivity contribution >= 4 is 17.6 Å². The molecule has 5 nitrogen and oxygen atoms in total. The highest BCUT2D eigenvalue weighted by molar-refractivity contribution is 6.01. The quantitative estimate of drug-likeness (QED) is 0.836. The SMILES string of the molecule is Cc1ccc(NC(=O)C(NC(=O)c2ccc(C(C)(C)C)cc2)C(C)C)nc1. The van der Waals surface area contributed by atoms with Crippen LogP contribution in [0.3, 0.4) is 0 Å². The molecule has 0 aliphatic heterocycles. The lowest BCUT2D eigenvalue weighted by molar-refractivity contribution is -0.118. The lowest BCUT2D eigenvalue weighted by Gasteiger charge is -2.22. The molecule has 0 aliphatic rings. The van der Waals surface area contributed by atoms with Gasteiger partial charge in [-0.3, -0.25) is 9.59 Å². The predicted octanol–water partition coefficient (Wildman–Crippen LogP) is 4.08. The normalized spacial score (nSPS) is 12.6. The Morgan fingerprint density at radius 3 is 2.11 bits per heavy atom. The first-order valence-electron chi connectivity index (χ1n) is 9.23. The third-order valence-corrected chi connectivity index (χ3v) is 4.41. The number of aromatic nitrogens is 1. The summed E-state index contributed by atoms with van der Waals surface area (Å²) in [5.74, 6) is -0.129. The first-order chi connectivity index (χ1) is 12.6. The molecule has 0 saturated heterocycles. The minimum atomic E-state index is -0.650. The zero-order valence-corrected chi connectivity index (χ0v) is 17.0. The van der Waals surface area contributed by atoms with Crippen molar-refractivity contribution in [1.82, 2.24) is 10.3 Å². The van der Waals surface area contributed by atoms with Gasteiger partial charge in [-0.2, -0.15) is 0 Å². The Morgan fingerprint density at radius 1 is 1.00 bits per heavy atom. The molecule has 1 aromatic carbocycles. The van der Waals surface area contributed by atoms with Crippen LogP contribution in [-0.2, 0) is 10.2 Å². The molecule has 0 fully saturated rings. The van der Waals surface area contributed by atoms with Crippen LogP contribution in [0.25, 0.3) is 0 Å². The van der Waals surface area contributed by atoms with Gasteiger partial charge in [-0.1, -0.05) is 52.8 Å². The van der Waals surface area contributed by atoms with E-state index in [1.54, 1.807) is 24.4 Å². The molecule has 5 heteroatoms. The maximum Gasteiger partial charge on any atom is 0.251 e. The summed E-state index contributed by atoms with van der Waals surface area (Å²) >= 11 is 0. The molecule has 1 aromatic heterocycles. The molecule has 0 bridgehead atoms. The van der Waals surface area contributed by atoms with Gasteiger partial charge in [0.05, 0.1) is 0 Å². The molecule has 2 amide bonds. The molecule has 1 atom stereocenters. The molecule has 0 saturated carbocycles. The van der Waals surface area contributed by atoms with E-state index in [9.17, 15) is 9.59 Å². The van der Waals surface area contributed by atoms with E-state index in [0.717, 1.165) is 11.1 Å². The third-order valence-electron chi connectivity index (χ3n) is 4.41. The van der Waals surface area contributed by atoms with Gasteiger partial charge in [0.15, 0.2) is 0 Å². The van der Waals surface area contributed by atoms with Crippen molar-refractivity contribution < 1.29 is 9.59 Å². The molecular formula is C22H29N3O2. The summed E-state index contributed by atoms with van der Waals surface area (Å²) in [6, 6.07) is 10.5. The lowest BCUT2D eigenvalue weighted by Crippen LogP contribution is -2.47. The van der Waals surface area contributed by atoms with E-state index in [4.69, 9.17) is 0 Å². The van der Waals surface area contributed by atoms with Gasteiger partial charge in [-0.15, -0.1) is 0 Å². The molecular weight excluding hydrogens is 338 g/mol. The van der Waals surface area contributed by atoms with Crippen LogP contribution in [0, 0.1) is 12.8 Å². The average molecular weight is 367 g/mol. The molecule has 0 radical (unpaired) electrons. The fourth-order valence-corrected chi connectivity index (χ4v) is 2.63. The fourth-order valence-electron chi connectivity index (χ4n) is 2.63. The summed E-state index contributed by atoms with van der Waals surface area (Å²) in [5, 5.41) is 5.62. The number of carbonyl (C=O) groups is 2. The van der Waals surface area contributed by atoms with Crippen molar-refractivity contribution in [1.29, 1.82) is 0 Å². The van der Waals surface area contributed by atoms with Crippen LogP contribution in [0.15, 0.2) is 42.6 Å². The third kappa shape index (κ3) is 5.64. The number of nitrogens with zero attached hydrogens (tertiary/aromatic N) is 1. The van der Waals surface area contributed by atoms with Gasteiger partial charge in [-0.05, 0) is 47.6 Å². The monoisotopic (exact) mass is 367 g/mol. The van der Waals surface area contributed by atoms with E-state index in [2.05, 4.69) is 36.4 Å². The molecule has 2 rings (SSSR count). The number of pyridine rings is 1. The van der Waals surface area contributed by atoms with Crippen molar-refractivity contribution in [2.24, 2.45) is 5.92 Å². The van der Waals surface area contributed by atoms with Crippen LogP contribution < -0.4 is 10.6 Å². The van der Waals surface area contributed by atoms with E-state index >= 15 is 0 Å². The second-order valence-electron chi connectivity index (χ2n) is 8.23. The highest BCUT2D eigenvalue weighted by Crippen LogP contribution is 2.22. The van der Waals surface area contributed by atoms with Gasteiger partial charge in [-0.25, -0.2) is 4.98 Å². The Labute approximate surface area is 161 Å². The van der Waals surface area contributed by atoms with E-state index in [1.807, 2.05) is 39.0 Å². The van der Waals surface area contributed by atoms with E-state index in [0.29, 0.717) is 11.4 Å². The number of hydrogen-bond acceptors (Lipinski definition) is 3. The second kappa shape index (κ2) is 8.33. The summed E-state index contributed by atoms with van der Waals surface area (Å²) in [6.45, 7) is 12.1. The lowest BCUT2D eigenvalue weighted by atomic mass is 9.86. The van der Waals surface area contributed by atoms with Gasteiger partial charge in [0.25, 0.3) is 5.91 Å². The van der Waals surface area contributed by atoms with Crippen LogP contribution in [0.5, 0.6) is 0 Å². The van der Waals surface area contributed by atoms with Gasteiger partial charge >= 0.3 is 0 Å². The van der Waals surface area contributed by atoms with Crippen molar-refractivity contribution in [2.75, 3.05) is 5.32 Å². The minimum Gasteiger partial charge on any atom is -0.340 e. The van der Waals surface area contributed by atoms with Gasteiger partial charge < -0.3 is 10.6 Å². The molecule has 2 N–H and O–H groups in total. The van der Waals surface area contributed by atoms with Crippen LogP contribution in [0.2, 0.25) is 0 Å². The topological polar surface area (TPSA) is 71.1 Å².